The fraction of sp³-hybridized carbons (Fsp3) is 0.462. The van der Waals surface area contributed by atoms with Crippen LogP contribution in [0.15, 0.2) is 29.2 Å². The van der Waals surface area contributed by atoms with Crippen LogP contribution in [0.2, 0.25) is 0 Å². The summed E-state index contributed by atoms with van der Waals surface area (Å²) in [5.74, 6) is -0.0878. The lowest BCUT2D eigenvalue weighted by molar-refractivity contribution is 0.0988. The Balaban J connectivity index is 3.12. The van der Waals surface area contributed by atoms with Gasteiger partial charge in [-0.3, -0.25) is 4.79 Å². The molecule has 1 rings (SSSR count). The molecular weight excluding hydrogens is 264 g/mol. The van der Waals surface area contributed by atoms with Crippen molar-refractivity contribution in [3.63, 3.8) is 0 Å². The maximum absolute atomic E-state index is 12.2. The molecular formula is C13H20N2O3S. The Morgan fingerprint density at radius 3 is 2.53 bits per heavy atom. The van der Waals surface area contributed by atoms with Gasteiger partial charge >= 0.3 is 0 Å². The highest BCUT2D eigenvalue weighted by atomic mass is 32.2. The first-order valence-corrected chi connectivity index (χ1v) is 7.57. The zero-order valence-corrected chi connectivity index (χ0v) is 12.3. The molecule has 19 heavy (non-hydrogen) atoms. The summed E-state index contributed by atoms with van der Waals surface area (Å²) in [6.45, 7) is 5.32. The van der Waals surface area contributed by atoms with Gasteiger partial charge in [-0.15, -0.1) is 0 Å². The van der Waals surface area contributed by atoms with Crippen LogP contribution in [0.3, 0.4) is 0 Å². The van der Waals surface area contributed by atoms with E-state index in [1.165, 1.54) is 12.1 Å². The minimum atomic E-state index is -3.68. The number of carbonyl (C=O) groups is 1. The van der Waals surface area contributed by atoms with Crippen molar-refractivity contribution in [2.75, 3.05) is 6.54 Å². The van der Waals surface area contributed by atoms with E-state index in [0.29, 0.717) is 12.0 Å². The third-order valence-corrected chi connectivity index (χ3v) is 4.40. The second-order valence-corrected chi connectivity index (χ2v) is 6.68. The van der Waals surface area contributed by atoms with Gasteiger partial charge in [0, 0.05) is 24.1 Å². The number of benzene rings is 1. The summed E-state index contributed by atoms with van der Waals surface area (Å²) in [5.41, 5.74) is 5.18. The van der Waals surface area contributed by atoms with Crippen molar-refractivity contribution in [2.45, 2.75) is 37.6 Å². The fourth-order valence-electron chi connectivity index (χ4n) is 1.51. The normalized spacial score (nSPS) is 12.4. The van der Waals surface area contributed by atoms with Gasteiger partial charge in [0.05, 0.1) is 4.90 Å². The molecule has 0 radical (unpaired) electrons. The lowest BCUT2D eigenvalue weighted by atomic mass is 10.1. The van der Waals surface area contributed by atoms with Crippen molar-refractivity contribution in [2.24, 2.45) is 5.73 Å². The molecule has 0 heterocycles. The molecule has 106 valence electrons. The van der Waals surface area contributed by atoms with Crippen molar-refractivity contribution in [1.29, 1.82) is 0 Å². The lowest BCUT2D eigenvalue weighted by Crippen LogP contribution is -2.48. The topological polar surface area (TPSA) is 89.3 Å². The van der Waals surface area contributed by atoms with E-state index in [1.807, 2.05) is 0 Å². The van der Waals surface area contributed by atoms with Gasteiger partial charge in [-0.2, -0.15) is 0 Å². The van der Waals surface area contributed by atoms with Crippen LogP contribution < -0.4 is 10.5 Å². The number of Topliss-reactive ketones (excluding diaryl/α,β-unsaturated/α-hetero) is 1. The highest BCUT2D eigenvalue weighted by molar-refractivity contribution is 7.89. The van der Waals surface area contributed by atoms with E-state index in [2.05, 4.69) is 4.72 Å². The third kappa shape index (κ3) is 4.12. The standard InChI is InChI=1S/C13H20N2O3S/c1-4-12(16)10-6-5-7-11(8-10)19(17,18)15-13(2,3)9-14/h5-8,15H,4,9,14H2,1-3H3. The van der Waals surface area contributed by atoms with E-state index in [4.69, 9.17) is 5.73 Å². The zero-order valence-electron chi connectivity index (χ0n) is 11.4. The van der Waals surface area contributed by atoms with Crippen LogP contribution in [0.1, 0.15) is 37.6 Å². The van der Waals surface area contributed by atoms with Gasteiger partial charge in [0.25, 0.3) is 0 Å². The molecule has 0 saturated heterocycles. The van der Waals surface area contributed by atoms with E-state index < -0.39 is 15.6 Å². The largest absolute Gasteiger partial charge is 0.329 e. The molecule has 0 aromatic heterocycles. The van der Waals surface area contributed by atoms with Crippen LogP contribution in [0, 0.1) is 0 Å². The molecule has 0 spiro atoms. The first-order chi connectivity index (χ1) is 8.72. The van der Waals surface area contributed by atoms with E-state index in [-0.39, 0.29) is 17.2 Å². The third-order valence-electron chi connectivity index (χ3n) is 2.71. The maximum Gasteiger partial charge on any atom is 0.241 e. The first-order valence-electron chi connectivity index (χ1n) is 6.09. The van der Waals surface area contributed by atoms with Gasteiger partial charge in [0.15, 0.2) is 5.78 Å². The molecule has 6 heteroatoms. The van der Waals surface area contributed by atoms with Crippen molar-refractivity contribution in [3.05, 3.63) is 29.8 Å². The summed E-state index contributed by atoms with van der Waals surface area (Å²) in [4.78, 5) is 11.7. The molecule has 0 fully saturated rings. The Labute approximate surface area is 114 Å². The average molecular weight is 284 g/mol. The van der Waals surface area contributed by atoms with Crippen LogP contribution in [0.5, 0.6) is 0 Å². The highest BCUT2D eigenvalue weighted by Gasteiger charge is 2.25. The summed E-state index contributed by atoms with van der Waals surface area (Å²) in [6.07, 6.45) is 0.339. The van der Waals surface area contributed by atoms with Gasteiger partial charge in [-0.25, -0.2) is 13.1 Å². The van der Waals surface area contributed by atoms with Gasteiger partial charge in [0.2, 0.25) is 10.0 Å². The van der Waals surface area contributed by atoms with E-state index >= 15 is 0 Å². The van der Waals surface area contributed by atoms with Crippen LogP contribution in [-0.2, 0) is 10.0 Å². The van der Waals surface area contributed by atoms with Crippen LogP contribution in [0.25, 0.3) is 0 Å². The summed E-state index contributed by atoms with van der Waals surface area (Å²) in [6, 6.07) is 6.02. The quantitative estimate of drug-likeness (QED) is 0.770. The molecule has 0 aliphatic carbocycles. The molecule has 0 bridgehead atoms. The average Bonchev–Trinajstić information content (AvgIpc) is 2.37. The van der Waals surface area contributed by atoms with Gasteiger partial charge in [-0.1, -0.05) is 19.1 Å². The monoisotopic (exact) mass is 284 g/mol. The van der Waals surface area contributed by atoms with E-state index in [1.54, 1.807) is 32.9 Å². The minimum Gasteiger partial charge on any atom is -0.329 e. The Morgan fingerprint density at radius 2 is 2.00 bits per heavy atom. The second kappa shape index (κ2) is 5.81. The number of sulfonamides is 1. The summed E-state index contributed by atoms with van der Waals surface area (Å²) in [5, 5.41) is 0. The van der Waals surface area contributed by atoms with Crippen molar-refractivity contribution >= 4 is 15.8 Å². The minimum absolute atomic E-state index is 0.0772. The molecule has 0 atom stereocenters. The summed E-state index contributed by atoms with van der Waals surface area (Å²) >= 11 is 0. The predicted octanol–water partition coefficient (Wildman–Crippen LogP) is 1.29. The fourth-order valence-corrected chi connectivity index (χ4v) is 2.97. The number of rotatable bonds is 6. The molecule has 1 aromatic rings. The Kier molecular flexibility index (Phi) is 4.84. The highest BCUT2D eigenvalue weighted by Crippen LogP contribution is 2.15. The molecule has 0 aliphatic heterocycles. The van der Waals surface area contributed by atoms with Crippen LogP contribution >= 0.6 is 0 Å². The van der Waals surface area contributed by atoms with Crippen molar-refractivity contribution < 1.29 is 13.2 Å². The molecule has 0 amide bonds. The van der Waals surface area contributed by atoms with Crippen LogP contribution in [0.4, 0.5) is 0 Å². The van der Waals surface area contributed by atoms with E-state index in [9.17, 15) is 13.2 Å². The molecule has 5 nitrogen and oxygen atoms in total. The summed E-state index contributed by atoms with van der Waals surface area (Å²) in [7, 11) is -3.68. The lowest BCUT2D eigenvalue weighted by Gasteiger charge is -2.23. The van der Waals surface area contributed by atoms with Crippen molar-refractivity contribution in [1.82, 2.24) is 4.72 Å². The Morgan fingerprint density at radius 1 is 1.37 bits per heavy atom. The predicted molar refractivity (Wildman–Crippen MR) is 74.5 cm³/mol. The maximum atomic E-state index is 12.2. The van der Waals surface area contributed by atoms with Gasteiger partial charge < -0.3 is 5.73 Å². The summed E-state index contributed by atoms with van der Waals surface area (Å²) < 4.78 is 26.9. The SMILES string of the molecule is CCC(=O)c1cccc(S(=O)(=O)NC(C)(C)CN)c1. The van der Waals surface area contributed by atoms with Crippen molar-refractivity contribution in [3.8, 4) is 0 Å². The molecule has 0 saturated carbocycles. The number of carbonyl (C=O) groups excluding carboxylic acids is 1. The molecule has 0 unspecified atom stereocenters. The Hall–Kier alpha value is -1.24. The van der Waals surface area contributed by atoms with Crippen LogP contribution in [-0.4, -0.2) is 26.3 Å². The number of nitrogens with one attached hydrogen (secondary N) is 1. The molecule has 0 aliphatic rings. The number of hydrogen-bond donors (Lipinski definition) is 2. The number of nitrogens with two attached hydrogens (primary N) is 1. The van der Waals surface area contributed by atoms with E-state index in [0.717, 1.165) is 0 Å². The molecule has 3 N–H and O–H groups in total. The zero-order chi connectivity index (χ0) is 14.7. The smallest absolute Gasteiger partial charge is 0.241 e. The molecule has 1 aromatic carbocycles. The van der Waals surface area contributed by atoms with Gasteiger partial charge in [-0.05, 0) is 26.0 Å². The number of hydrogen-bond acceptors (Lipinski definition) is 4. The second-order valence-electron chi connectivity index (χ2n) is 5.00. The van der Waals surface area contributed by atoms with Gasteiger partial charge in [0.1, 0.15) is 0 Å². The first kappa shape index (κ1) is 15.8. The number of ketones is 1. The Bertz CT molecular complexity index is 565.